The van der Waals surface area contributed by atoms with Gasteiger partial charge in [0.05, 0.1) is 27.6 Å². The van der Waals surface area contributed by atoms with E-state index >= 15 is 0 Å². The number of carbonyl (C=O) groups excluding carboxylic acids is 1. The Morgan fingerprint density at radius 3 is 1.73 bits per heavy atom. The third-order valence-corrected chi connectivity index (χ3v) is 5.16. The van der Waals surface area contributed by atoms with E-state index in [1.165, 1.54) is 83.1 Å². The number of allylic oxidation sites excluding steroid dienone is 1. The number of hydrogen-bond donors (Lipinski definition) is 1. The largest absolute Gasteiger partial charge is 0.481 e. The number of nitrogens with zero attached hydrogens (tertiary/aromatic N) is 1. The summed E-state index contributed by atoms with van der Waals surface area (Å²) in [5.74, 6) is -1.39. The van der Waals surface area contributed by atoms with Crippen LogP contribution < -0.4 is 0 Å². The maximum atomic E-state index is 11.9. The molecule has 1 N–H and O–H groups in total. The van der Waals surface area contributed by atoms with Crippen LogP contribution in [0.5, 0.6) is 0 Å². The molecule has 0 bridgehead atoms. The van der Waals surface area contributed by atoms with Crippen molar-refractivity contribution < 1.29 is 23.9 Å². The van der Waals surface area contributed by atoms with E-state index < -0.39 is 18.0 Å². The number of carboxylic acid groups (broad SMARTS) is 1. The van der Waals surface area contributed by atoms with Gasteiger partial charge in [-0.15, -0.1) is 0 Å². The summed E-state index contributed by atoms with van der Waals surface area (Å²) in [6.07, 6.45) is 20.7. The average Bonchev–Trinajstić information content (AvgIpc) is 2.63. The first-order valence-corrected chi connectivity index (χ1v) is 12.1. The molecule has 0 aromatic rings. The molecule has 0 radical (unpaired) electrons. The molecule has 0 fully saturated rings. The van der Waals surface area contributed by atoms with Crippen molar-refractivity contribution in [2.75, 3.05) is 27.7 Å². The van der Waals surface area contributed by atoms with Crippen LogP contribution in [-0.2, 0) is 14.3 Å². The third-order valence-electron chi connectivity index (χ3n) is 5.16. The van der Waals surface area contributed by atoms with Crippen molar-refractivity contribution in [3.63, 3.8) is 0 Å². The predicted molar refractivity (Wildman–Crippen MR) is 124 cm³/mol. The van der Waals surface area contributed by atoms with Gasteiger partial charge in [0.1, 0.15) is 6.54 Å². The summed E-state index contributed by atoms with van der Waals surface area (Å²) < 4.78 is 5.88. The second-order valence-corrected chi connectivity index (χ2v) is 9.56. The van der Waals surface area contributed by atoms with Gasteiger partial charge in [-0.2, -0.15) is 0 Å². The van der Waals surface area contributed by atoms with Gasteiger partial charge >= 0.3 is 11.9 Å². The molecule has 0 saturated carbocycles. The summed E-state index contributed by atoms with van der Waals surface area (Å²) in [6, 6.07) is 0. The lowest BCUT2D eigenvalue weighted by Gasteiger charge is -2.28. The molecule has 0 rings (SSSR count). The van der Waals surface area contributed by atoms with E-state index in [1.54, 1.807) is 0 Å². The highest BCUT2D eigenvalue weighted by Crippen LogP contribution is 2.13. The minimum absolute atomic E-state index is 0.159. The van der Waals surface area contributed by atoms with Crippen molar-refractivity contribution >= 4 is 11.9 Å². The Labute approximate surface area is 185 Å². The monoisotopic (exact) mass is 426 g/mol. The van der Waals surface area contributed by atoms with Crippen molar-refractivity contribution in [2.24, 2.45) is 0 Å². The van der Waals surface area contributed by atoms with Crippen molar-refractivity contribution in [2.45, 2.75) is 109 Å². The van der Waals surface area contributed by atoms with E-state index in [4.69, 9.17) is 9.84 Å². The smallest absolute Gasteiger partial charge is 0.330 e. The first-order chi connectivity index (χ1) is 14.2. The molecule has 0 amide bonds. The van der Waals surface area contributed by atoms with Crippen LogP contribution in [0.1, 0.15) is 103 Å². The first-order valence-electron chi connectivity index (χ1n) is 12.1. The quantitative estimate of drug-likeness (QED) is 0.110. The molecule has 5 nitrogen and oxygen atoms in total. The van der Waals surface area contributed by atoms with Gasteiger partial charge in [-0.3, -0.25) is 4.79 Å². The molecule has 5 heteroatoms. The maximum Gasteiger partial charge on any atom is 0.330 e. The molecule has 1 atom stereocenters. The van der Waals surface area contributed by atoms with E-state index in [2.05, 4.69) is 6.92 Å². The molecule has 176 valence electrons. The summed E-state index contributed by atoms with van der Waals surface area (Å²) in [5, 5.41) is 8.99. The van der Waals surface area contributed by atoms with Gasteiger partial charge in [0.25, 0.3) is 0 Å². The number of likely N-dealkylation sites (N-methyl/N-ethyl adjacent to an activating group) is 1. The molecule has 0 aliphatic rings. The molecule has 0 saturated heterocycles. The van der Waals surface area contributed by atoms with Crippen molar-refractivity contribution in [1.82, 2.24) is 0 Å². The molecule has 0 aliphatic heterocycles. The van der Waals surface area contributed by atoms with Crippen LogP contribution in [0.2, 0.25) is 0 Å². The number of esters is 1. The Balaban J connectivity index is 3.68. The Hall–Kier alpha value is -1.36. The van der Waals surface area contributed by atoms with Crippen molar-refractivity contribution in [3.05, 3.63) is 12.2 Å². The minimum atomic E-state index is -0.947. The van der Waals surface area contributed by atoms with Gasteiger partial charge in [0, 0.05) is 6.08 Å². The summed E-state index contributed by atoms with van der Waals surface area (Å²) in [7, 11) is 5.85. The van der Waals surface area contributed by atoms with Crippen LogP contribution in [0.3, 0.4) is 0 Å². The maximum absolute atomic E-state index is 11.9. The van der Waals surface area contributed by atoms with Crippen LogP contribution in [0.4, 0.5) is 0 Å². The van der Waals surface area contributed by atoms with Gasteiger partial charge in [-0.1, -0.05) is 90.0 Å². The number of hydrogen-bond acceptors (Lipinski definition) is 3. The minimum Gasteiger partial charge on any atom is -0.481 e. The van der Waals surface area contributed by atoms with Crippen LogP contribution in [0, 0.1) is 0 Å². The van der Waals surface area contributed by atoms with E-state index in [0.717, 1.165) is 12.8 Å². The van der Waals surface area contributed by atoms with E-state index in [0.29, 0.717) is 11.0 Å². The highest BCUT2D eigenvalue weighted by molar-refractivity contribution is 5.82. The van der Waals surface area contributed by atoms with Crippen LogP contribution in [0.25, 0.3) is 0 Å². The Bertz CT molecular complexity index is 468. The Kier molecular flexibility index (Phi) is 17.6. The number of carbonyl (C=O) groups is 2. The summed E-state index contributed by atoms with van der Waals surface area (Å²) in [6.45, 7) is 2.74. The molecular weight excluding hydrogens is 378 g/mol. The van der Waals surface area contributed by atoms with Gasteiger partial charge < -0.3 is 14.3 Å². The molecule has 0 aromatic heterocycles. The van der Waals surface area contributed by atoms with Gasteiger partial charge in [0.15, 0.2) is 6.10 Å². The third kappa shape index (κ3) is 21.4. The second kappa shape index (κ2) is 18.4. The van der Waals surface area contributed by atoms with E-state index in [1.807, 2.05) is 27.2 Å². The lowest BCUT2D eigenvalue weighted by atomic mass is 10.0. The summed E-state index contributed by atoms with van der Waals surface area (Å²) in [5.41, 5.74) is 0. The first kappa shape index (κ1) is 28.6. The zero-order valence-corrected chi connectivity index (χ0v) is 20.2. The van der Waals surface area contributed by atoms with Crippen LogP contribution in [-0.4, -0.2) is 55.3 Å². The molecule has 0 spiro atoms. The average molecular weight is 427 g/mol. The Morgan fingerprint density at radius 1 is 0.833 bits per heavy atom. The molecule has 30 heavy (non-hydrogen) atoms. The van der Waals surface area contributed by atoms with Crippen molar-refractivity contribution in [3.8, 4) is 0 Å². The Morgan fingerprint density at radius 2 is 1.30 bits per heavy atom. The fourth-order valence-electron chi connectivity index (χ4n) is 3.61. The number of aliphatic carboxylic acids is 1. The predicted octanol–water partition coefficient (Wildman–Crippen LogP) is 6.12. The van der Waals surface area contributed by atoms with Crippen LogP contribution in [0.15, 0.2) is 12.2 Å². The second-order valence-electron chi connectivity index (χ2n) is 9.56. The van der Waals surface area contributed by atoms with Crippen LogP contribution >= 0.6 is 0 Å². The van der Waals surface area contributed by atoms with Gasteiger partial charge in [-0.05, 0) is 12.8 Å². The van der Waals surface area contributed by atoms with E-state index in [-0.39, 0.29) is 6.42 Å². The SMILES string of the molecule is CCCCCCCCCCCCCCC/C=C/C(=O)OC(CC(=O)O)C[N+](C)(C)C. The summed E-state index contributed by atoms with van der Waals surface area (Å²) >= 11 is 0. The summed E-state index contributed by atoms with van der Waals surface area (Å²) in [4.78, 5) is 22.9. The molecule has 0 aliphatic carbocycles. The lowest BCUT2D eigenvalue weighted by Crippen LogP contribution is -2.43. The molecule has 0 heterocycles. The zero-order valence-electron chi connectivity index (χ0n) is 20.2. The topological polar surface area (TPSA) is 63.6 Å². The van der Waals surface area contributed by atoms with Crippen molar-refractivity contribution in [1.29, 1.82) is 0 Å². The molecular formula is C25H48NO4+. The highest BCUT2D eigenvalue weighted by atomic mass is 16.5. The number of rotatable bonds is 20. The zero-order chi connectivity index (χ0) is 22.7. The number of ether oxygens (including phenoxy) is 1. The number of unbranched alkanes of at least 4 members (excludes halogenated alkanes) is 13. The standard InChI is InChI=1S/C25H47NO4/c1-5-6-7-8-9-10-11-12-13-14-15-16-17-18-19-20-25(29)30-23(21-24(27)28)22-26(2,3)4/h19-20,23H,5-18,21-22H2,1-4H3/p+1/b20-19+. The number of quaternary nitrogens is 1. The fourth-order valence-corrected chi connectivity index (χ4v) is 3.61. The van der Waals surface area contributed by atoms with E-state index in [9.17, 15) is 9.59 Å². The van der Waals surface area contributed by atoms with Gasteiger partial charge in [0.2, 0.25) is 0 Å². The molecule has 0 aromatic carbocycles. The lowest BCUT2D eigenvalue weighted by molar-refractivity contribution is -0.873. The highest BCUT2D eigenvalue weighted by Gasteiger charge is 2.23. The normalized spacial score (nSPS) is 12.9. The van der Waals surface area contributed by atoms with Gasteiger partial charge in [-0.25, -0.2) is 4.79 Å². The fraction of sp³-hybridized carbons (Fsp3) is 0.840. The molecule has 1 unspecified atom stereocenters. The number of carboxylic acids is 1.